The first-order valence-corrected chi connectivity index (χ1v) is 12.6. The second kappa shape index (κ2) is 8.38. The number of rotatable bonds is 4. The lowest BCUT2D eigenvalue weighted by atomic mass is 10.1. The summed E-state index contributed by atoms with van der Waals surface area (Å²) < 4.78 is 45.7. The van der Waals surface area contributed by atoms with E-state index in [2.05, 4.69) is 9.39 Å². The summed E-state index contributed by atoms with van der Waals surface area (Å²) in [5.74, 6) is -1.63. The molecule has 0 unspecified atom stereocenters. The fraction of sp³-hybridized carbons (Fsp3) is 0.273. The van der Waals surface area contributed by atoms with Crippen molar-refractivity contribution in [3.63, 3.8) is 0 Å². The second-order valence-corrected chi connectivity index (χ2v) is 10.9. The largest absolute Gasteiger partial charge is 0.315 e. The minimum atomic E-state index is -3.78. The molecule has 0 atom stereocenters. The van der Waals surface area contributed by atoms with Crippen molar-refractivity contribution in [3.8, 4) is 5.69 Å². The van der Waals surface area contributed by atoms with Gasteiger partial charge in [-0.15, -0.1) is 0 Å². The SMILES string of the molecule is Cc1cc(/C=C2/C(=N)N3C(=NC2=O)SN=C3S(=O)(=O)CC(C)C)c(C)n1-c1ccccc1F. The number of nitrogens with zero attached hydrogens (tertiary/aromatic N) is 4. The Kier molecular flexibility index (Phi) is 5.87. The molecule has 1 amide bonds. The third kappa shape index (κ3) is 4.06. The number of fused-ring (bicyclic) bond motifs is 1. The van der Waals surface area contributed by atoms with Crippen LogP contribution in [-0.2, 0) is 14.6 Å². The number of sulfone groups is 1. The number of hydrogen-bond acceptors (Lipinski definition) is 6. The molecule has 0 aliphatic carbocycles. The number of benzene rings is 1. The van der Waals surface area contributed by atoms with E-state index in [-0.39, 0.29) is 39.2 Å². The molecular weight excluding hydrogens is 465 g/mol. The van der Waals surface area contributed by atoms with Gasteiger partial charge in [0, 0.05) is 11.4 Å². The van der Waals surface area contributed by atoms with Crippen LogP contribution in [0.3, 0.4) is 0 Å². The Bertz CT molecular complexity index is 1390. The van der Waals surface area contributed by atoms with Crippen LogP contribution in [-0.4, -0.2) is 45.7 Å². The number of aromatic nitrogens is 1. The average molecular weight is 488 g/mol. The number of carbonyl (C=O) groups is 1. The van der Waals surface area contributed by atoms with Gasteiger partial charge in [0.1, 0.15) is 11.7 Å². The number of carbonyl (C=O) groups excluding carboxylic acids is 1. The van der Waals surface area contributed by atoms with Crippen molar-refractivity contribution >= 4 is 49.9 Å². The van der Waals surface area contributed by atoms with Crippen molar-refractivity contribution in [2.75, 3.05) is 5.75 Å². The Balaban J connectivity index is 1.76. The van der Waals surface area contributed by atoms with E-state index in [1.807, 2.05) is 6.92 Å². The van der Waals surface area contributed by atoms with Crippen LogP contribution < -0.4 is 0 Å². The molecule has 0 bridgehead atoms. The number of aliphatic imine (C=N–C) groups is 1. The van der Waals surface area contributed by atoms with Crippen molar-refractivity contribution in [1.29, 1.82) is 5.41 Å². The first kappa shape index (κ1) is 23.1. The summed E-state index contributed by atoms with van der Waals surface area (Å²) in [5.41, 5.74) is 2.30. The van der Waals surface area contributed by atoms with Gasteiger partial charge in [-0.3, -0.25) is 10.2 Å². The predicted octanol–water partition coefficient (Wildman–Crippen LogP) is 3.88. The molecule has 2 aliphatic heterocycles. The molecular formula is C22H22FN5O3S2. The maximum Gasteiger partial charge on any atom is 0.283 e. The van der Waals surface area contributed by atoms with E-state index in [4.69, 9.17) is 5.41 Å². The van der Waals surface area contributed by atoms with Gasteiger partial charge in [-0.05, 0) is 49.6 Å². The molecule has 0 spiro atoms. The molecule has 4 rings (SSSR count). The van der Waals surface area contributed by atoms with Crippen LogP contribution in [0.2, 0.25) is 0 Å². The van der Waals surface area contributed by atoms with Crippen LogP contribution in [0.15, 0.2) is 45.3 Å². The summed E-state index contributed by atoms with van der Waals surface area (Å²) >= 11 is 0.763. The number of aryl methyl sites for hydroxylation is 1. The standard InChI is InChI=1S/C22H22FN5O3S2/c1-12(2)11-33(30,31)22-26-32-21-25-20(29)16(19(24)28(21)22)10-15-9-13(3)27(14(15)4)18-8-6-5-7-17(18)23/h5-10,12,24H,11H2,1-4H3/b16-10-,24-19?. The first-order chi connectivity index (χ1) is 15.5. The summed E-state index contributed by atoms with van der Waals surface area (Å²) in [6.07, 6.45) is 1.49. The number of para-hydroxylation sites is 1. The van der Waals surface area contributed by atoms with Gasteiger partial charge in [0.05, 0.1) is 29.0 Å². The molecule has 172 valence electrons. The molecule has 1 N–H and O–H groups in total. The van der Waals surface area contributed by atoms with Crippen molar-refractivity contribution < 1.29 is 17.6 Å². The second-order valence-electron chi connectivity index (χ2n) is 8.20. The molecule has 0 saturated carbocycles. The summed E-state index contributed by atoms with van der Waals surface area (Å²) in [6.45, 7) is 7.14. The maximum absolute atomic E-state index is 14.4. The molecule has 33 heavy (non-hydrogen) atoms. The monoisotopic (exact) mass is 487 g/mol. The Morgan fingerprint density at radius 3 is 2.61 bits per heavy atom. The van der Waals surface area contributed by atoms with E-state index in [9.17, 15) is 17.6 Å². The molecule has 8 nitrogen and oxygen atoms in total. The highest BCUT2D eigenvalue weighted by Crippen LogP contribution is 2.32. The fourth-order valence-electron chi connectivity index (χ4n) is 3.81. The molecule has 0 saturated heterocycles. The molecule has 2 aliphatic rings. The highest BCUT2D eigenvalue weighted by molar-refractivity contribution is 8.16. The summed E-state index contributed by atoms with van der Waals surface area (Å²) in [6, 6.07) is 8.13. The molecule has 0 radical (unpaired) electrons. The van der Waals surface area contributed by atoms with Crippen LogP contribution in [0.5, 0.6) is 0 Å². The molecule has 1 aromatic carbocycles. The minimum absolute atomic E-state index is 0.0429. The van der Waals surface area contributed by atoms with Crippen molar-refractivity contribution in [2.24, 2.45) is 15.3 Å². The summed E-state index contributed by atoms with van der Waals surface area (Å²) in [7, 11) is -3.78. The van der Waals surface area contributed by atoms with Crippen molar-refractivity contribution in [3.05, 3.63) is 58.7 Å². The van der Waals surface area contributed by atoms with Crippen LogP contribution in [0, 0.1) is 31.0 Å². The average Bonchev–Trinajstić information content (AvgIpc) is 3.26. The lowest BCUT2D eigenvalue weighted by molar-refractivity contribution is -0.114. The number of nitrogens with one attached hydrogen (secondary N) is 1. The number of amides is 1. The number of hydrogen-bond donors (Lipinski definition) is 1. The molecule has 2 aromatic rings. The van der Waals surface area contributed by atoms with E-state index in [0.29, 0.717) is 16.9 Å². The Hall–Kier alpha value is -3.05. The first-order valence-electron chi connectivity index (χ1n) is 10.2. The summed E-state index contributed by atoms with van der Waals surface area (Å²) in [4.78, 5) is 17.8. The molecule has 0 fully saturated rings. The lowest BCUT2D eigenvalue weighted by Gasteiger charge is -2.24. The smallest absolute Gasteiger partial charge is 0.283 e. The normalized spacial score (nSPS) is 17.6. The van der Waals surface area contributed by atoms with E-state index in [1.54, 1.807) is 49.6 Å². The minimum Gasteiger partial charge on any atom is -0.315 e. The quantitative estimate of drug-likeness (QED) is 0.520. The van der Waals surface area contributed by atoms with E-state index in [1.165, 1.54) is 12.1 Å². The zero-order valence-electron chi connectivity index (χ0n) is 18.5. The zero-order valence-corrected chi connectivity index (χ0v) is 20.1. The third-order valence-corrected chi connectivity index (χ3v) is 7.94. The van der Waals surface area contributed by atoms with Gasteiger partial charge in [-0.1, -0.05) is 26.0 Å². The summed E-state index contributed by atoms with van der Waals surface area (Å²) in [5, 5.41) is 8.36. The Morgan fingerprint density at radius 2 is 1.94 bits per heavy atom. The molecule has 11 heteroatoms. The zero-order chi connectivity index (χ0) is 24.1. The van der Waals surface area contributed by atoms with Crippen molar-refractivity contribution in [1.82, 2.24) is 9.47 Å². The molecule has 3 heterocycles. The van der Waals surface area contributed by atoms with Crippen LogP contribution in [0.4, 0.5) is 4.39 Å². The topological polar surface area (TPSA) is 108 Å². The van der Waals surface area contributed by atoms with E-state index >= 15 is 0 Å². The third-order valence-electron chi connectivity index (χ3n) is 5.19. The van der Waals surface area contributed by atoms with Gasteiger partial charge in [0.2, 0.25) is 20.2 Å². The maximum atomic E-state index is 14.4. The fourth-order valence-corrected chi connectivity index (χ4v) is 6.54. The predicted molar refractivity (Wildman–Crippen MR) is 129 cm³/mol. The van der Waals surface area contributed by atoms with Crippen LogP contribution in [0.1, 0.15) is 30.8 Å². The lowest BCUT2D eigenvalue weighted by Crippen LogP contribution is -2.46. The Labute approximate surface area is 195 Å². The number of halogens is 1. The highest BCUT2D eigenvalue weighted by atomic mass is 32.2. The van der Waals surface area contributed by atoms with Crippen LogP contribution in [0.25, 0.3) is 11.8 Å². The Morgan fingerprint density at radius 1 is 1.24 bits per heavy atom. The van der Waals surface area contributed by atoms with E-state index in [0.717, 1.165) is 22.5 Å². The van der Waals surface area contributed by atoms with Gasteiger partial charge in [0.15, 0.2) is 0 Å². The van der Waals surface area contributed by atoms with Gasteiger partial charge in [0.25, 0.3) is 5.91 Å². The van der Waals surface area contributed by atoms with Gasteiger partial charge in [-0.25, -0.2) is 17.7 Å². The van der Waals surface area contributed by atoms with E-state index < -0.39 is 15.7 Å². The van der Waals surface area contributed by atoms with Crippen LogP contribution >= 0.6 is 11.9 Å². The van der Waals surface area contributed by atoms with Gasteiger partial charge < -0.3 is 4.57 Å². The highest BCUT2D eigenvalue weighted by Gasteiger charge is 2.42. The van der Waals surface area contributed by atoms with Crippen molar-refractivity contribution in [2.45, 2.75) is 27.7 Å². The van der Waals surface area contributed by atoms with Gasteiger partial charge >= 0.3 is 0 Å². The van der Waals surface area contributed by atoms with Gasteiger partial charge in [-0.2, -0.15) is 9.39 Å². The molecule has 1 aromatic heterocycles. The number of amidine groups is 3.